The van der Waals surface area contributed by atoms with E-state index < -0.39 is 0 Å². The molecule has 6 rings (SSSR count). The molecule has 1 N–H and O–H groups in total. The Morgan fingerprint density at radius 2 is 1.45 bits per heavy atom. The molecule has 3 aromatic carbocycles. The van der Waals surface area contributed by atoms with Crippen LogP contribution in [0.4, 0.5) is 5.69 Å². The topological polar surface area (TPSA) is 45.2 Å². The van der Waals surface area contributed by atoms with Gasteiger partial charge in [-0.1, -0.05) is 99.7 Å². The minimum atomic E-state index is -0.0542. The van der Waals surface area contributed by atoms with Gasteiger partial charge in [-0.3, -0.25) is 4.79 Å². The van der Waals surface area contributed by atoms with Crippen molar-refractivity contribution in [2.45, 2.75) is 72.3 Å². The number of allylic oxidation sites excluding steroid dienone is 3. The number of unbranched alkanes of at least 4 members (excludes halogenated alkanes) is 5. The first-order valence-electron chi connectivity index (χ1n) is 15.6. The van der Waals surface area contributed by atoms with Gasteiger partial charge in [0, 0.05) is 41.2 Å². The summed E-state index contributed by atoms with van der Waals surface area (Å²) in [6.45, 7) is 8.02. The highest BCUT2D eigenvalue weighted by molar-refractivity contribution is 6.47. The lowest BCUT2D eigenvalue weighted by Gasteiger charge is -2.24. The number of aromatic nitrogens is 1. The lowest BCUT2D eigenvalue weighted by molar-refractivity contribution is -0.433. The third kappa shape index (κ3) is 4.73. The van der Waals surface area contributed by atoms with Crippen LogP contribution in [-0.2, 0) is 11.3 Å². The van der Waals surface area contributed by atoms with Crippen LogP contribution in [-0.4, -0.2) is 32.3 Å². The Morgan fingerprint density at radius 3 is 2.21 bits per heavy atom. The number of benzene rings is 3. The summed E-state index contributed by atoms with van der Waals surface area (Å²) in [6.07, 6.45) is 8.22. The molecule has 2 heterocycles. The molecule has 1 aromatic heterocycles. The monoisotopic (exact) mass is 557 g/mol. The summed E-state index contributed by atoms with van der Waals surface area (Å²) >= 11 is 0. The molecule has 1 aliphatic heterocycles. The largest absolute Gasteiger partial charge is 0.506 e. The van der Waals surface area contributed by atoms with E-state index in [4.69, 9.17) is 0 Å². The van der Waals surface area contributed by atoms with E-state index in [1.165, 1.54) is 43.4 Å². The Kier molecular flexibility index (Phi) is 7.97. The number of carbonyl (C=O) groups excluding carboxylic acids is 1. The summed E-state index contributed by atoms with van der Waals surface area (Å²) in [5.74, 6) is 0.0790. The maximum Gasteiger partial charge on any atom is 0.213 e. The van der Waals surface area contributed by atoms with Gasteiger partial charge in [-0.25, -0.2) is 0 Å². The van der Waals surface area contributed by atoms with E-state index in [1.54, 1.807) is 0 Å². The molecule has 4 nitrogen and oxygen atoms in total. The SMILES string of the molecule is CCCCCCCCC1=[N+](CC)c2ccccc2/C1=C1\C(=O)C(c2c(C)n(Cc3ccccc3)c3ccccc23)=C1O. The number of para-hydroxylation sites is 2. The van der Waals surface area contributed by atoms with Crippen LogP contribution in [0.1, 0.15) is 81.2 Å². The molecule has 0 radical (unpaired) electrons. The first kappa shape index (κ1) is 28.0. The molecular weight excluding hydrogens is 516 g/mol. The number of hydrogen-bond donors (Lipinski definition) is 1. The number of hydrogen-bond acceptors (Lipinski definition) is 2. The normalized spacial score (nSPS) is 16.5. The Hall–Kier alpha value is -4.18. The molecule has 2 aliphatic rings. The molecule has 4 heteroatoms. The van der Waals surface area contributed by atoms with Crippen LogP contribution in [0.15, 0.2) is 90.2 Å². The van der Waals surface area contributed by atoms with E-state index in [2.05, 4.69) is 84.5 Å². The van der Waals surface area contributed by atoms with E-state index >= 15 is 0 Å². The number of rotatable bonds is 11. The van der Waals surface area contributed by atoms with Crippen molar-refractivity contribution < 1.29 is 14.5 Å². The van der Waals surface area contributed by atoms with Gasteiger partial charge < -0.3 is 9.67 Å². The Morgan fingerprint density at radius 1 is 0.762 bits per heavy atom. The predicted molar refractivity (Wildman–Crippen MR) is 174 cm³/mol. The number of aliphatic hydroxyl groups excluding tert-OH is 1. The number of ketones is 1. The molecule has 4 aromatic rings. The first-order chi connectivity index (χ1) is 20.6. The number of fused-ring (bicyclic) bond motifs is 2. The van der Waals surface area contributed by atoms with Gasteiger partial charge in [-0.05, 0) is 38.0 Å². The second-order valence-electron chi connectivity index (χ2n) is 11.6. The fourth-order valence-corrected chi connectivity index (χ4v) is 6.91. The van der Waals surface area contributed by atoms with Gasteiger partial charge in [0.05, 0.1) is 22.3 Å². The minimum Gasteiger partial charge on any atom is -0.506 e. The summed E-state index contributed by atoms with van der Waals surface area (Å²) in [7, 11) is 0. The van der Waals surface area contributed by atoms with Crippen LogP contribution < -0.4 is 0 Å². The van der Waals surface area contributed by atoms with Gasteiger partial charge in [-0.2, -0.15) is 4.58 Å². The van der Waals surface area contributed by atoms with E-state index in [9.17, 15) is 9.90 Å². The number of nitrogens with zero attached hydrogens (tertiary/aromatic N) is 2. The zero-order valence-corrected chi connectivity index (χ0v) is 25.1. The van der Waals surface area contributed by atoms with Crippen LogP contribution in [0.3, 0.4) is 0 Å². The van der Waals surface area contributed by atoms with Crippen molar-refractivity contribution in [3.8, 4) is 0 Å². The predicted octanol–water partition coefficient (Wildman–Crippen LogP) is 9.17. The fraction of sp³-hybridized carbons (Fsp3) is 0.316. The maximum absolute atomic E-state index is 14.2. The third-order valence-corrected chi connectivity index (χ3v) is 9.00. The summed E-state index contributed by atoms with van der Waals surface area (Å²) in [5.41, 5.74) is 9.33. The molecule has 0 amide bonds. The zero-order chi connectivity index (χ0) is 29.2. The van der Waals surface area contributed by atoms with Crippen molar-refractivity contribution >= 4 is 39.2 Å². The average molecular weight is 558 g/mol. The summed E-state index contributed by atoms with van der Waals surface area (Å²) in [5, 5.41) is 12.8. The highest BCUT2D eigenvalue weighted by atomic mass is 16.3. The Balaban J connectivity index is 1.44. The average Bonchev–Trinajstić information content (AvgIpc) is 3.46. The highest BCUT2D eigenvalue weighted by Gasteiger charge is 2.45. The first-order valence-corrected chi connectivity index (χ1v) is 15.6. The molecule has 0 fully saturated rings. The fourth-order valence-electron chi connectivity index (χ4n) is 6.91. The summed E-state index contributed by atoms with van der Waals surface area (Å²) in [4.78, 5) is 14.2. The van der Waals surface area contributed by atoms with Crippen LogP contribution in [0.2, 0.25) is 0 Å². The standard InChI is InChI=1S/C38H40N2O2/c1-4-6-7-8-9-13-24-32-34(29-21-15-16-22-30(29)39(32)5-2)36-37(41)35(38(36)42)33-26(3)40(25-27-18-11-10-12-19-27)31-23-17-14-20-28(31)33/h10-12,14-23H,4-9,13,24-25H2,1-3H3/p+1. The number of aliphatic hydroxyl groups is 1. The van der Waals surface area contributed by atoms with Crippen LogP contribution in [0.25, 0.3) is 22.0 Å². The molecule has 214 valence electrons. The van der Waals surface area contributed by atoms with Gasteiger partial charge >= 0.3 is 0 Å². The lowest BCUT2D eigenvalue weighted by Crippen LogP contribution is -2.25. The van der Waals surface area contributed by atoms with Gasteiger partial charge in [0.25, 0.3) is 0 Å². The second kappa shape index (κ2) is 12.0. The van der Waals surface area contributed by atoms with Crippen LogP contribution in [0, 0.1) is 6.92 Å². The van der Waals surface area contributed by atoms with Crippen molar-refractivity contribution in [2.75, 3.05) is 6.54 Å². The third-order valence-electron chi connectivity index (χ3n) is 9.00. The molecule has 42 heavy (non-hydrogen) atoms. The lowest BCUT2D eigenvalue weighted by atomic mass is 9.77. The minimum absolute atomic E-state index is 0.0542. The summed E-state index contributed by atoms with van der Waals surface area (Å²) < 4.78 is 4.61. The van der Waals surface area contributed by atoms with Crippen LogP contribution >= 0.6 is 0 Å². The maximum atomic E-state index is 14.2. The van der Waals surface area contributed by atoms with Crippen molar-refractivity contribution in [1.82, 2.24) is 4.57 Å². The van der Waals surface area contributed by atoms with Gasteiger partial charge in [0.15, 0.2) is 5.71 Å². The Labute approximate surface area is 249 Å². The molecular formula is C38H41N2O2+. The smallest absolute Gasteiger partial charge is 0.213 e. The Bertz CT molecular complexity index is 1750. The molecule has 0 saturated carbocycles. The van der Waals surface area contributed by atoms with Gasteiger partial charge in [-0.15, -0.1) is 0 Å². The van der Waals surface area contributed by atoms with E-state index in [0.717, 1.165) is 58.4 Å². The molecule has 0 spiro atoms. The van der Waals surface area contributed by atoms with E-state index in [1.807, 2.05) is 24.3 Å². The van der Waals surface area contributed by atoms with Gasteiger partial charge in [0.2, 0.25) is 11.5 Å². The molecule has 0 unspecified atom stereocenters. The number of carbonyl (C=O) groups is 1. The van der Waals surface area contributed by atoms with Crippen molar-refractivity contribution in [1.29, 1.82) is 0 Å². The van der Waals surface area contributed by atoms with Crippen molar-refractivity contribution in [3.05, 3.63) is 113 Å². The van der Waals surface area contributed by atoms with Crippen molar-refractivity contribution in [2.24, 2.45) is 0 Å². The van der Waals surface area contributed by atoms with Crippen LogP contribution in [0.5, 0.6) is 0 Å². The number of Topliss-reactive ketones (excluding diaryl/α,β-unsaturated/α-hetero) is 1. The second-order valence-corrected chi connectivity index (χ2v) is 11.6. The molecule has 0 saturated heterocycles. The molecule has 0 bridgehead atoms. The summed E-state index contributed by atoms with van der Waals surface area (Å²) in [6, 6.07) is 26.9. The molecule has 1 aliphatic carbocycles. The quantitative estimate of drug-likeness (QED) is 0.114. The molecule has 0 atom stereocenters. The van der Waals surface area contributed by atoms with E-state index in [0.29, 0.717) is 17.7 Å². The van der Waals surface area contributed by atoms with Crippen molar-refractivity contribution in [3.63, 3.8) is 0 Å². The van der Waals surface area contributed by atoms with E-state index in [-0.39, 0.29) is 11.5 Å². The highest BCUT2D eigenvalue weighted by Crippen LogP contribution is 2.48. The zero-order valence-electron chi connectivity index (χ0n) is 25.1. The van der Waals surface area contributed by atoms with Gasteiger partial charge in [0.1, 0.15) is 12.3 Å².